The number of halogens is 1. The fraction of sp³-hybridized carbons (Fsp3) is 0.111. The van der Waals surface area contributed by atoms with E-state index >= 15 is 0 Å². The number of anilines is 1. The molecule has 0 bridgehead atoms. The van der Waals surface area contributed by atoms with Gasteiger partial charge in [-0.15, -0.1) is 0 Å². The number of carbonyl (C=O) groups excluding carboxylic acids is 1. The van der Waals surface area contributed by atoms with Crippen molar-refractivity contribution >= 4 is 45.1 Å². The highest BCUT2D eigenvalue weighted by Gasteiger charge is 2.14. The number of rotatable bonds is 5. The molecule has 0 atom stereocenters. The third kappa shape index (κ3) is 4.28. The molecule has 1 N–H and O–H groups in total. The number of nitrogens with zero attached hydrogens (tertiary/aromatic N) is 1. The van der Waals surface area contributed by atoms with Gasteiger partial charge in [0.15, 0.2) is 5.58 Å². The average Bonchev–Trinajstić information content (AvgIpc) is 3.22. The Morgan fingerprint density at radius 3 is 2.61 bits per heavy atom. The minimum Gasteiger partial charge on any atom is -0.491 e. The van der Waals surface area contributed by atoms with Gasteiger partial charge in [-0.3, -0.25) is 4.79 Å². The van der Waals surface area contributed by atoms with Crippen LogP contribution < -0.4 is 10.1 Å². The summed E-state index contributed by atoms with van der Waals surface area (Å²) in [7, 11) is 0. The first-order chi connectivity index (χ1) is 16.0. The number of oxazole rings is 1. The van der Waals surface area contributed by atoms with E-state index in [0.29, 0.717) is 39.0 Å². The van der Waals surface area contributed by atoms with Crippen molar-refractivity contribution in [1.82, 2.24) is 4.98 Å². The first-order valence-corrected chi connectivity index (χ1v) is 11.0. The van der Waals surface area contributed by atoms with E-state index in [9.17, 15) is 4.79 Å². The molecule has 33 heavy (non-hydrogen) atoms. The molecular formula is C27H21ClN2O3. The maximum Gasteiger partial charge on any atom is 0.255 e. The Morgan fingerprint density at radius 1 is 0.970 bits per heavy atom. The van der Waals surface area contributed by atoms with Crippen LogP contribution in [0.1, 0.15) is 24.2 Å². The molecule has 6 heteroatoms. The predicted octanol–water partition coefficient (Wildman–Crippen LogP) is 7.34. The molecule has 1 aromatic heterocycles. The van der Waals surface area contributed by atoms with Crippen LogP contribution in [0, 0.1) is 0 Å². The Morgan fingerprint density at radius 2 is 1.76 bits per heavy atom. The van der Waals surface area contributed by atoms with Gasteiger partial charge in [0.1, 0.15) is 11.3 Å². The van der Waals surface area contributed by atoms with Crippen LogP contribution in [0.15, 0.2) is 83.3 Å². The molecule has 4 aromatic carbocycles. The molecule has 0 saturated heterocycles. The molecule has 0 aliphatic carbocycles. The molecule has 0 spiro atoms. The molecule has 5 rings (SSSR count). The van der Waals surface area contributed by atoms with Gasteiger partial charge in [-0.1, -0.05) is 41.9 Å². The summed E-state index contributed by atoms with van der Waals surface area (Å²) in [5.41, 5.74) is 3.29. The number of ether oxygens (including phenoxy) is 1. The topological polar surface area (TPSA) is 64.4 Å². The second kappa shape index (κ2) is 8.60. The number of hydrogen-bond acceptors (Lipinski definition) is 4. The molecule has 0 aliphatic heterocycles. The van der Waals surface area contributed by atoms with Crippen LogP contribution in [0.2, 0.25) is 5.02 Å². The van der Waals surface area contributed by atoms with Crippen LogP contribution in [0.25, 0.3) is 33.3 Å². The number of aromatic nitrogens is 1. The number of fused-ring (bicyclic) bond motifs is 2. The monoisotopic (exact) mass is 456 g/mol. The molecule has 0 radical (unpaired) electrons. The zero-order chi connectivity index (χ0) is 22.9. The Hall–Kier alpha value is -3.83. The minimum atomic E-state index is -0.226. The van der Waals surface area contributed by atoms with Gasteiger partial charge in [-0.25, -0.2) is 4.98 Å². The lowest BCUT2D eigenvalue weighted by molar-refractivity contribution is 0.102. The highest BCUT2D eigenvalue weighted by molar-refractivity contribution is 6.35. The Bertz CT molecular complexity index is 1490. The summed E-state index contributed by atoms with van der Waals surface area (Å²) in [6.45, 7) is 3.89. The van der Waals surface area contributed by atoms with Crippen LogP contribution in [-0.4, -0.2) is 17.0 Å². The van der Waals surface area contributed by atoms with Crippen molar-refractivity contribution < 1.29 is 13.9 Å². The second-order valence-corrected chi connectivity index (χ2v) is 8.40. The third-order valence-electron chi connectivity index (χ3n) is 5.21. The molecular weight excluding hydrogens is 436 g/mol. The van der Waals surface area contributed by atoms with Crippen LogP contribution in [0.4, 0.5) is 5.69 Å². The molecule has 0 saturated carbocycles. The van der Waals surface area contributed by atoms with Crippen LogP contribution in [0.3, 0.4) is 0 Å². The van der Waals surface area contributed by atoms with E-state index in [1.54, 1.807) is 36.4 Å². The van der Waals surface area contributed by atoms with Gasteiger partial charge in [-0.2, -0.15) is 0 Å². The van der Waals surface area contributed by atoms with Gasteiger partial charge in [0.2, 0.25) is 5.89 Å². The van der Waals surface area contributed by atoms with Crippen LogP contribution in [0.5, 0.6) is 5.75 Å². The quantitative estimate of drug-likeness (QED) is 0.300. The van der Waals surface area contributed by atoms with Crippen molar-refractivity contribution in [3.8, 4) is 17.2 Å². The zero-order valence-electron chi connectivity index (χ0n) is 18.1. The Kier molecular flexibility index (Phi) is 5.48. The van der Waals surface area contributed by atoms with Crippen molar-refractivity contribution in [1.29, 1.82) is 0 Å². The smallest absolute Gasteiger partial charge is 0.255 e. The van der Waals surface area contributed by atoms with E-state index in [2.05, 4.69) is 10.3 Å². The Balaban J connectivity index is 1.44. The molecule has 164 valence electrons. The van der Waals surface area contributed by atoms with Gasteiger partial charge >= 0.3 is 0 Å². The van der Waals surface area contributed by atoms with E-state index in [0.717, 1.165) is 16.3 Å². The highest BCUT2D eigenvalue weighted by Crippen LogP contribution is 2.34. The fourth-order valence-electron chi connectivity index (χ4n) is 3.76. The van der Waals surface area contributed by atoms with Gasteiger partial charge < -0.3 is 14.5 Å². The lowest BCUT2D eigenvalue weighted by atomic mass is 10.0. The average molecular weight is 457 g/mol. The summed E-state index contributed by atoms with van der Waals surface area (Å²) in [6.07, 6.45) is 0.0323. The molecule has 5 aromatic rings. The maximum absolute atomic E-state index is 12.8. The van der Waals surface area contributed by atoms with E-state index in [1.165, 1.54) is 0 Å². The first kappa shape index (κ1) is 21.0. The van der Waals surface area contributed by atoms with Crippen molar-refractivity contribution in [2.45, 2.75) is 20.0 Å². The van der Waals surface area contributed by atoms with Gasteiger partial charge in [0, 0.05) is 27.2 Å². The number of carbonyl (C=O) groups is 1. The number of amides is 1. The molecule has 1 amide bonds. The Labute approximate surface area is 196 Å². The van der Waals surface area contributed by atoms with Crippen molar-refractivity contribution in [2.24, 2.45) is 0 Å². The molecule has 0 unspecified atom stereocenters. The van der Waals surface area contributed by atoms with E-state index in [-0.39, 0.29) is 12.0 Å². The fourth-order valence-corrected chi connectivity index (χ4v) is 4.00. The normalized spacial score (nSPS) is 11.3. The standard InChI is InChI=1S/C27H21ClN2O3/c1-16(2)32-19-7-3-6-17(14-19)26(31)29-18-12-13-25-24(15-18)30-27(33-25)22-10-4-9-21-20(22)8-5-11-23(21)28/h3-16H,1-2H3,(H,29,31). The number of hydrogen-bond donors (Lipinski definition) is 1. The minimum absolute atomic E-state index is 0.0323. The van der Waals surface area contributed by atoms with E-state index < -0.39 is 0 Å². The third-order valence-corrected chi connectivity index (χ3v) is 5.54. The summed E-state index contributed by atoms with van der Waals surface area (Å²) >= 11 is 6.35. The summed E-state index contributed by atoms with van der Waals surface area (Å²) in [6, 6.07) is 24.1. The highest BCUT2D eigenvalue weighted by atomic mass is 35.5. The maximum atomic E-state index is 12.8. The summed E-state index contributed by atoms with van der Waals surface area (Å²) in [5.74, 6) is 0.931. The molecule has 0 fully saturated rings. The number of benzene rings is 4. The summed E-state index contributed by atoms with van der Waals surface area (Å²) < 4.78 is 11.7. The van der Waals surface area contributed by atoms with Crippen molar-refractivity contribution in [2.75, 3.05) is 5.32 Å². The largest absolute Gasteiger partial charge is 0.491 e. The summed E-state index contributed by atoms with van der Waals surface area (Å²) in [5, 5.41) is 5.51. The van der Waals surface area contributed by atoms with Crippen LogP contribution in [-0.2, 0) is 0 Å². The van der Waals surface area contributed by atoms with Gasteiger partial charge in [0.25, 0.3) is 5.91 Å². The zero-order valence-corrected chi connectivity index (χ0v) is 18.9. The van der Waals surface area contributed by atoms with Crippen molar-refractivity contribution in [3.63, 3.8) is 0 Å². The molecule has 1 heterocycles. The van der Waals surface area contributed by atoms with Crippen molar-refractivity contribution in [3.05, 3.63) is 89.4 Å². The van der Waals surface area contributed by atoms with Gasteiger partial charge in [0.05, 0.1) is 6.10 Å². The van der Waals surface area contributed by atoms with E-state index in [1.807, 2.05) is 56.3 Å². The van der Waals surface area contributed by atoms with E-state index in [4.69, 9.17) is 20.8 Å². The predicted molar refractivity (Wildman–Crippen MR) is 132 cm³/mol. The number of nitrogens with one attached hydrogen (secondary N) is 1. The second-order valence-electron chi connectivity index (χ2n) is 7.99. The lowest BCUT2D eigenvalue weighted by Crippen LogP contribution is -2.12. The SMILES string of the molecule is CC(C)Oc1cccc(C(=O)Nc2ccc3oc(-c4cccc5c(Cl)cccc45)nc3c2)c1. The van der Waals surface area contributed by atoms with Gasteiger partial charge in [-0.05, 0) is 67.8 Å². The van der Waals surface area contributed by atoms with Crippen LogP contribution >= 0.6 is 11.6 Å². The molecule has 5 nitrogen and oxygen atoms in total. The lowest BCUT2D eigenvalue weighted by Gasteiger charge is -2.11. The first-order valence-electron chi connectivity index (χ1n) is 10.6. The molecule has 0 aliphatic rings. The summed E-state index contributed by atoms with van der Waals surface area (Å²) in [4.78, 5) is 17.4.